The molecule has 7 heteroatoms. The molecule has 1 aromatic rings. The van der Waals surface area contributed by atoms with Gasteiger partial charge in [0.25, 0.3) is 0 Å². The molecular formula is C19H31N2O4P. The summed E-state index contributed by atoms with van der Waals surface area (Å²) >= 11 is 0. The molecule has 1 saturated carbocycles. The first-order chi connectivity index (χ1) is 12.5. The maximum Gasteiger partial charge on any atom is 0.307 e. The van der Waals surface area contributed by atoms with E-state index < -0.39 is 31.6 Å². The number of carboxylic acids is 1. The third-order valence-electron chi connectivity index (χ3n) is 5.56. The van der Waals surface area contributed by atoms with E-state index in [4.69, 9.17) is 5.73 Å². The first-order valence-corrected chi connectivity index (χ1v) is 11.0. The second kappa shape index (κ2) is 10.8. The predicted molar refractivity (Wildman–Crippen MR) is 102 cm³/mol. The van der Waals surface area contributed by atoms with Crippen molar-refractivity contribution in [3.8, 4) is 0 Å². The van der Waals surface area contributed by atoms with Gasteiger partial charge in [-0.05, 0) is 49.3 Å². The van der Waals surface area contributed by atoms with Crippen LogP contribution in [0.4, 0.5) is 0 Å². The first kappa shape index (κ1) is 21.1. The lowest BCUT2D eigenvalue weighted by atomic mass is 9.82. The van der Waals surface area contributed by atoms with Crippen molar-refractivity contribution in [1.29, 1.82) is 0 Å². The maximum absolute atomic E-state index is 12.0. The van der Waals surface area contributed by atoms with Crippen LogP contribution >= 0.6 is 8.03 Å². The van der Waals surface area contributed by atoms with Crippen LogP contribution in [0.2, 0.25) is 0 Å². The Morgan fingerprint density at radius 1 is 1.27 bits per heavy atom. The molecule has 0 radical (unpaired) electrons. The zero-order valence-corrected chi connectivity index (χ0v) is 16.2. The van der Waals surface area contributed by atoms with Gasteiger partial charge in [0.2, 0.25) is 0 Å². The van der Waals surface area contributed by atoms with Crippen molar-refractivity contribution >= 4 is 14.0 Å². The Morgan fingerprint density at radius 2 is 1.92 bits per heavy atom. The number of carboxylic acid groups (broad SMARTS) is 1. The van der Waals surface area contributed by atoms with Crippen LogP contribution in [0.5, 0.6) is 0 Å². The summed E-state index contributed by atoms with van der Waals surface area (Å²) in [5.41, 5.74) is 6.50. The van der Waals surface area contributed by atoms with E-state index in [-0.39, 0.29) is 0 Å². The van der Waals surface area contributed by atoms with Crippen LogP contribution in [-0.4, -0.2) is 32.7 Å². The smallest absolute Gasteiger partial charge is 0.307 e. The van der Waals surface area contributed by atoms with Crippen LogP contribution in [0.3, 0.4) is 0 Å². The average molecular weight is 382 g/mol. The highest BCUT2D eigenvalue weighted by molar-refractivity contribution is 7.39. The van der Waals surface area contributed by atoms with Crippen molar-refractivity contribution in [2.75, 3.05) is 0 Å². The summed E-state index contributed by atoms with van der Waals surface area (Å²) in [5, 5.41) is 9.65. The molecule has 2 rings (SSSR count). The third-order valence-corrected chi connectivity index (χ3v) is 6.96. The lowest BCUT2D eigenvalue weighted by molar-refractivity contribution is -0.142. The largest absolute Gasteiger partial charge is 0.481 e. The standard InChI is InChI=1S/C19H31N2O4P/c20-17(13-15-5-2-1-3-6-15)18(26(24)25)16(19(22)23)8-4-7-14-9-11-21-12-10-14/h9-12,15-18,26H,1-8,13,20H2,(H,22,23)(H,24,25). The van der Waals surface area contributed by atoms with Crippen molar-refractivity contribution in [2.45, 2.75) is 69.5 Å². The van der Waals surface area contributed by atoms with Crippen LogP contribution in [0, 0.1) is 11.8 Å². The molecule has 1 aromatic heterocycles. The second-order valence-electron chi connectivity index (χ2n) is 7.46. The number of aryl methyl sites for hydroxylation is 1. The summed E-state index contributed by atoms with van der Waals surface area (Å²) < 4.78 is 12.0. The number of aliphatic carboxylic acids is 1. The minimum atomic E-state index is -3.03. The third kappa shape index (κ3) is 6.49. The van der Waals surface area contributed by atoms with Gasteiger partial charge in [-0.1, -0.05) is 32.1 Å². The lowest BCUT2D eigenvalue weighted by Gasteiger charge is -2.31. The molecule has 0 spiro atoms. The van der Waals surface area contributed by atoms with E-state index in [2.05, 4.69) is 4.98 Å². The van der Waals surface area contributed by atoms with Crippen molar-refractivity contribution < 1.29 is 19.4 Å². The number of aromatic nitrogens is 1. The Labute approximate surface area is 156 Å². The quantitative estimate of drug-likeness (QED) is 0.535. The molecular weight excluding hydrogens is 351 g/mol. The van der Waals surface area contributed by atoms with E-state index in [1.807, 2.05) is 12.1 Å². The fraction of sp³-hybridized carbons (Fsp3) is 0.684. The minimum absolute atomic E-state index is 0.359. The Balaban J connectivity index is 1.97. The zero-order valence-electron chi connectivity index (χ0n) is 15.2. The van der Waals surface area contributed by atoms with Crippen LogP contribution in [0.15, 0.2) is 24.5 Å². The molecule has 4 unspecified atom stereocenters. The van der Waals surface area contributed by atoms with Gasteiger partial charge >= 0.3 is 5.97 Å². The molecule has 0 aliphatic heterocycles. The normalized spacial score (nSPS) is 20.2. The fourth-order valence-corrected chi connectivity index (χ4v) is 5.30. The van der Waals surface area contributed by atoms with Crippen LogP contribution < -0.4 is 5.73 Å². The highest BCUT2D eigenvalue weighted by Crippen LogP contribution is 2.38. The van der Waals surface area contributed by atoms with Gasteiger partial charge < -0.3 is 15.7 Å². The van der Waals surface area contributed by atoms with E-state index in [1.165, 1.54) is 19.3 Å². The number of pyridine rings is 1. The molecule has 1 aliphatic carbocycles. The monoisotopic (exact) mass is 382 g/mol. The summed E-state index contributed by atoms with van der Waals surface area (Å²) in [6.45, 7) is 0. The van der Waals surface area contributed by atoms with Crippen molar-refractivity contribution in [1.82, 2.24) is 4.98 Å². The number of nitrogens with zero attached hydrogens (tertiary/aromatic N) is 1. The number of carbonyl (C=O) groups is 1. The van der Waals surface area contributed by atoms with E-state index in [0.717, 1.165) is 24.8 Å². The highest BCUT2D eigenvalue weighted by atomic mass is 31.1. The molecule has 4 atom stereocenters. The SMILES string of the molecule is NC(CC1CCCCC1)C(C(CCCc1ccncc1)C(=O)O)[PH](=O)O. The molecule has 0 saturated heterocycles. The molecule has 26 heavy (non-hydrogen) atoms. The summed E-state index contributed by atoms with van der Waals surface area (Å²) in [6.07, 6.45) is 11.5. The predicted octanol–water partition coefficient (Wildman–Crippen LogP) is 3.24. The average Bonchev–Trinajstić information content (AvgIpc) is 2.62. The molecule has 0 bridgehead atoms. The molecule has 1 heterocycles. The van der Waals surface area contributed by atoms with Gasteiger partial charge in [-0.2, -0.15) is 0 Å². The van der Waals surface area contributed by atoms with Gasteiger partial charge in [0, 0.05) is 18.4 Å². The van der Waals surface area contributed by atoms with Crippen LogP contribution in [-0.2, 0) is 15.8 Å². The van der Waals surface area contributed by atoms with Crippen molar-refractivity contribution in [3.63, 3.8) is 0 Å². The first-order valence-electron chi connectivity index (χ1n) is 9.59. The van der Waals surface area contributed by atoms with Crippen molar-refractivity contribution in [2.24, 2.45) is 17.6 Å². The second-order valence-corrected chi connectivity index (χ2v) is 8.80. The molecule has 1 fully saturated rings. The summed E-state index contributed by atoms with van der Waals surface area (Å²) in [4.78, 5) is 25.6. The van der Waals surface area contributed by atoms with E-state index in [0.29, 0.717) is 25.2 Å². The number of nitrogens with two attached hydrogens (primary N) is 1. The number of hydrogen-bond acceptors (Lipinski definition) is 4. The van der Waals surface area contributed by atoms with Gasteiger partial charge in [-0.15, -0.1) is 0 Å². The molecule has 4 N–H and O–H groups in total. The highest BCUT2D eigenvalue weighted by Gasteiger charge is 2.37. The Bertz CT molecular complexity index is 578. The molecule has 146 valence electrons. The summed E-state index contributed by atoms with van der Waals surface area (Å²) in [7, 11) is -3.03. The summed E-state index contributed by atoms with van der Waals surface area (Å²) in [6, 6.07) is 3.27. The van der Waals surface area contributed by atoms with Gasteiger partial charge in [0.1, 0.15) is 0 Å². The zero-order chi connectivity index (χ0) is 18.9. The number of rotatable bonds is 10. The fourth-order valence-electron chi connectivity index (χ4n) is 4.14. The van der Waals surface area contributed by atoms with Gasteiger partial charge in [-0.3, -0.25) is 14.3 Å². The Kier molecular flexibility index (Phi) is 8.76. The Morgan fingerprint density at radius 3 is 2.50 bits per heavy atom. The maximum atomic E-state index is 12.0. The number of hydrogen-bond donors (Lipinski definition) is 3. The van der Waals surface area contributed by atoms with Gasteiger partial charge in [0.05, 0.1) is 11.6 Å². The molecule has 0 amide bonds. The van der Waals surface area contributed by atoms with Crippen LogP contribution in [0.25, 0.3) is 0 Å². The molecule has 1 aliphatic rings. The van der Waals surface area contributed by atoms with Gasteiger partial charge in [0.15, 0.2) is 8.03 Å². The lowest BCUT2D eigenvalue weighted by Crippen LogP contribution is -2.42. The molecule has 0 aromatic carbocycles. The summed E-state index contributed by atoms with van der Waals surface area (Å²) in [5.74, 6) is -1.43. The van der Waals surface area contributed by atoms with E-state index >= 15 is 0 Å². The Hall–Kier alpha value is -1.23. The van der Waals surface area contributed by atoms with E-state index in [9.17, 15) is 19.4 Å². The van der Waals surface area contributed by atoms with Crippen LogP contribution in [0.1, 0.15) is 56.9 Å². The topological polar surface area (TPSA) is 114 Å². The van der Waals surface area contributed by atoms with Gasteiger partial charge in [-0.25, -0.2) is 0 Å². The molecule has 6 nitrogen and oxygen atoms in total. The van der Waals surface area contributed by atoms with Crippen molar-refractivity contribution in [3.05, 3.63) is 30.1 Å². The van der Waals surface area contributed by atoms with E-state index in [1.54, 1.807) is 12.4 Å². The minimum Gasteiger partial charge on any atom is -0.481 e.